The van der Waals surface area contributed by atoms with Gasteiger partial charge >= 0.3 is 5.97 Å². The molecule has 0 amide bonds. The molecule has 0 spiro atoms. The summed E-state index contributed by atoms with van der Waals surface area (Å²) in [5.41, 5.74) is 1.07. The van der Waals surface area contributed by atoms with Crippen LogP contribution in [0.25, 0.3) is 5.69 Å². The summed E-state index contributed by atoms with van der Waals surface area (Å²) in [6.45, 7) is 6.08. The summed E-state index contributed by atoms with van der Waals surface area (Å²) in [6, 6.07) is 7.61. The lowest BCUT2D eigenvalue weighted by molar-refractivity contribution is 0.0462. The van der Waals surface area contributed by atoms with Gasteiger partial charge in [-0.05, 0) is 24.3 Å². The largest absolute Gasteiger partial charge is 0.454 e. The number of rotatable bonds is 4. The van der Waals surface area contributed by atoms with Crippen molar-refractivity contribution in [3.05, 3.63) is 58.3 Å². The number of nitrogens with one attached hydrogen (secondary N) is 1. The highest BCUT2D eigenvalue weighted by Gasteiger charge is 2.20. The fourth-order valence-electron chi connectivity index (χ4n) is 2.08. The van der Waals surface area contributed by atoms with Crippen LogP contribution < -0.4 is 0 Å². The van der Waals surface area contributed by atoms with E-state index in [0.29, 0.717) is 17.2 Å². The van der Waals surface area contributed by atoms with Gasteiger partial charge < -0.3 is 4.74 Å². The predicted molar refractivity (Wildman–Crippen MR) is 95.5 cm³/mol. The molecule has 25 heavy (non-hydrogen) atoms. The Morgan fingerprint density at radius 1 is 1.28 bits per heavy atom. The molecule has 1 N–H and O–H groups in total. The van der Waals surface area contributed by atoms with Crippen molar-refractivity contribution in [1.29, 1.82) is 0 Å². The van der Waals surface area contributed by atoms with Crippen LogP contribution in [0.15, 0.2) is 41.1 Å². The lowest BCUT2D eigenvalue weighted by Gasteiger charge is -2.11. The molecular formula is C17H18BrN5O2. The third-order valence-corrected chi connectivity index (χ3v) is 3.98. The monoisotopic (exact) mass is 403 g/mol. The van der Waals surface area contributed by atoms with Crippen LogP contribution in [0, 0.1) is 0 Å². The highest BCUT2D eigenvalue weighted by molar-refractivity contribution is 9.10. The van der Waals surface area contributed by atoms with E-state index in [0.717, 1.165) is 10.2 Å². The van der Waals surface area contributed by atoms with E-state index in [-0.39, 0.29) is 12.0 Å². The van der Waals surface area contributed by atoms with Crippen LogP contribution in [0.3, 0.4) is 0 Å². The van der Waals surface area contributed by atoms with Crippen molar-refractivity contribution >= 4 is 21.9 Å². The Labute approximate surface area is 153 Å². The summed E-state index contributed by atoms with van der Waals surface area (Å²) in [4.78, 5) is 16.5. The first-order valence-electron chi connectivity index (χ1n) is 7.72. The number of H-pyrrole nitrogens is 1. The van der Waals surface area contributed by atoms with E-state index in [2.05, 4.69) is 36.2 Å². The van der Waals surface area contributed by atoms with Crippen LogP contribution in [-0.2, 0) is 16.8 Å². The van der Waals surface area contributed by atoms with Gasteiger partial charge in [-0.3, -0.25) is 5.10 Å². The number of nitrogens with zero attached hydrogens (tertiary/aromatic N) is 4. The highest BCUT2D eigenvalue weighted by Crippen LogP contribution is 2.18. The van der Waals surface area contributed by atoms with Gasteiger partial charge in [0.05, 0.1) is 17.4 Å². The number of halogens is 1. The molecule has 1 aromatic carbocycles. The summed E-state index contributed by atoms with van der Waals surface area (Å²) in [7, 11) is 0. The zero-order valence-corrected chi connectivity index (χ0v) is 15.7. The quantitative estimate of drug-likeness (QED) is 0.674. The van der Waals surface area contributed by atoms with Crippen LogP contribution in [0.5, 0.6) is 0 Å². The van der Waals surface area contributed by atoms with Crippen LogP contribution in [0.1, 0.15) is 42.8 Å². The number of aromatic nitrogens is 5. The standard InChI is InChI=1S/C17H18BrN5O2/c1-17(2,3)16-20-14(21-22-16)10-25-15(24)11-8-19-23(9-11)13-6-4-12(18)5-7-13/h4-9H,10H2,1-3H3,(H,20,21,22). The van der Waals surface area contributed by atoms with Crippen molar-refractivity contribution in [2.75, 3.05) is 0 Å². The van der Waals surface area contributed by atoms with Gasteiger partial charge in [-0.2, -0.15) is 10.2 Å². The molecule has 130 valence electrons. The predicted octanol–water partition coefficient (Wildman–Crippen LogP) is 3.41. The van der Waals surface area contributed by atoms with E-state index in [1.165, 1.54) is 6.20 Å². The molecule has 0 aliphatic heterocycles. The van der Waals surface area contributed by atoms with Gasteiger partial charge in [0.1, 0.15) is 0 Å². The molecule has 3 rings (SSSR count). The molecule has 2 heterocycles. The van der Waals surface area contributed by atoms with Gasteiger partial charge in [0.15, 0.2) is 18.3 Å². The van der Waals surface area contributed by atoms with Gasteiger partial charge in [0, 0.05) is 16.1 Å². The van der Waals surface area contributed by atoms with Gasteiger partial charge in [0.25, 0.3) is 0 Å². The second-order valence-electron chi connectivity index (χ2n) is 6.58. The summed E-state index contributed by atoms with van der Waals surface area (Å²) >= 11 is 3.39. The molecule has 0 unspecified atom stereocenters. The van der Waals surface area contributed by atoms with E-state index in [4.69, 9.17) is 4.74 Å². The molecule has 0 radical (unpaired) electrons. The molecule has 0 aliphatic carbocycles. The molecule has 2 aromatic heterocycles. The first kappa shape index (κ1) is 17.3. The Morgan fingerprint density at radius 2 is 2.00 bits per heavy atom. The van der Waals surface area contributed by atoms with Gasteiger partial charge in [-0.1, -0.05) is 36.7 Å². The molecule has 8 heteroatoms. The van der Waals surface area contributed by atoms with Gasteiger partial charge in [-0.15, -0.1) is 0 Å². The molecule has 3 aromatic rings. The third kappa shape index (κ3) is 4.14. The van der Waals surface area contributed by atoms with Crippen LogP contribution in [0.4, 0.5) is 0 Å². The second-order valence-corrected chi connectivity index (χ2v) is 7.50. The van der Waals surface area contributed by atoms with Crippen molar-refractivity contribution < 1.29 is 9.53 Å². The van der Waals surface area contributed by atoms with Crippen molar-refractivity contribution in [2.24, 2.45) is 0 Å². The minimum atomic E-state index is -0.461. The Morgan fingerprint density at radius 3 is 2.64 bits per heavy atom. The second kappa shape index (κ2) is 6.79. The smallest absolute Gasteiger partial charge is 0.341 e. The zero-order chi connectivity index (χ0) is 18.0. The number of esters is 1. The summed E-state index contributed by atoms with van der Waals surface area (Å²) in [6.07, 6.45) is 3.11. The Hall–Kier alpha value is -2.48. The highest BCUT2D eigenvalue weighted by atomic mass is 79.9. The topological polar surface area (TPSA) is 85.7 Å². The lowest BCUT2D eigenvalue weighted by Crippen LogP contribution is -2.13. The average molecular weight is 404 g/mol. The summed E-state index contributed by atoms with van der Waals surface area (Å²) in [5.74, 6) is 0.734. The zero-order valence-electron chi connectivity index (χ0n) is 14.2. The van der Waals surface area contributed by atoms with Crippen LogP contribution in [0.2, 0.25) is 0 Å². The first-order valence-corrected chi connectivity index (χ1v) is 8.52. The van der Waals surface area contributed by atoms with E-state index < -0.39 is 5.97 Å². The normalized spacial score (nSPS) is 11.5. The Kier molecular flexibility index (Phi) is 4.71. The number of carbonyl (C=O) groups excluding carboxylic acids is 1. The number of hydrogen-bond donors (Lipinski definition) is 1. The number of aromatic amines is 1. The Bertz CT molecular complexity index is 877. The minimum absolute atomic E-state index is 0.0331. The maximum absolute atomic E-state index is 12.2. The van der Waals surface area contributed by atoms with E-state index in [1.807, 2.05) is 45.0 Å². The van der Waals surface area contributed by atoms with Crippen molar-refractivity contribution in [1.82, 2.24) is 25.0 Å². The van der Waals surface area contributed by atoms with Crippen molar-refractivity contribution in [3.8, 4) is 5.69 Å². The number of carbonyl (C=O) groups is 1. The number of hydrogen-bond acceptors (Lipinski definition) is 5. The molecule has 0 fully saturated rings. The fourth-order valence-corrected chi connectivity index (χ4v) is 2.34. The summed E-state index contributed by atoms with van der Waals surface area (Å²) in [5, 5.41) is 11.1. The first-order chi connectivity index (χ1) is 11.8. The molecule has 0 saturated heterocycles. The molecule has 0 bridgehead atoms. The average Bonchev–Trinajstić information content (AvgIpc) is 3.22. The van der Waals surface area contributed by atoms with Crippen molar-refractivity contribution in [3.63, 3.8) is 0 Å². The summed E-state index contributed by atoms with van der Waals surface area (Å²) < 4.78 is 7.87. The van der Waals surface area contributed by atoms with Gasteiger partial charge in [0.2, 0.25) is 0 Å². The number of ether oxygens (including phenoxy) is 1. The van der Waals surface area contributed by atoms with Crippen LogP contribution in [-0.4, -0.2) is 30.9 Å². The van der Waals surface area contributed by atoms with Gasteiger partial charge in [-0.25, -0.2) is 14.5 Å². The fraction of sp³-hybridized carbons (Fsp3) is 0.294. The third-order valence-electron chi connectivity index (χ3n) is 3.45. The molecule has 0 atom stereocenters. The maximum atomic E-state index is 12.2. The van der Waals surface area contributed by atoms with Crippen LogP contribution >= 0.6 is 15.9 Å². The SMILES string of the molecule is CC(C)(C)c1n[nH]c(COC(=O)c2cnn(-c3ccc(Br)cc3)c2)n1. The molecule has 7 nitrogen and oxygen atoms in total. The lowest BCUT2D eigenvalue weighted by atomic mass is 9.96. The number of benzene rings is 1. The van der Waals surface area contributed by atoms with E-state index >= 15 is 0 Å². The maximum Gasteiger partial charge on any atom is 0.341 e. The molecular weight excluding hydrogens is 386 g/mol. The molecule has 0 aliphatic rings. The van der Waals surface area contributed by atoms with Crippen molar-refractivity contribution in [2.45, 2.75) is 32.8 Å². The Balaban J connectivity index is 1.64. The van der Waals surface area contributed by atoms with E-state index in [9.17, 15) is 4.79 Å². The van der Waals surface area contributed by atoms with E-state index in [1.54, 1.807) is 10.9 Å². The minimum Gasteiger partial charge on any atom is -0.454 e. The molecule has 0 saturated carbocycles.